The third-order valence-corrected chi connectivity index (χ3v) is 3.99. The predicted molar refractivity (Wildman–Crippen MR) is 84.1 cm³/mol. The molecule has 124 valence electrons. The van der Waals surface area contributed by atoms with Gasteiger partial charge < -0.3 is 19.3 Å². The number of benzene rings is 1. The minimum Gasteiger partial charge on any atom is -0.746 e. The topological polar surface area (TPSA) is 103 Å². The van der Waals surface area contributed by atoms with Crippen LogP contribution in [0.15, 0.2) is 48.7 Å². The van der Waals surface area contributed by atoms with E-state index in [1.807, 2.05) is 30.1 Å². The molecule has 1 unspecified atom stereocenters. The first-order valence-electron chi connectivity index (χ1n) is 6.85. The van der Waals surface area contributed by atoms with E-state index in [1.165, 1.54) is 24.3 Å². The number of likely N-dealkylation sites (N-methyl/N-ethyl adjacent to an activating group) is 1. The first kappa shape index (κ1) is 20.9. The molecule has 0 fully saturated rings. The van der Waals surface area contributed by atoms with Gasteiger partial charge in [-0.2, -0.15) is 0 Å². The van der Waals surface area contributed by atoms with Gasteiger partial charge in [-0.15, -0.1) is 0 Å². The third kappa shape index (κ3) is 6.04. The summed E-state index contributed by atoms with van der Waals surface area (Å²) in [6.07, 6.45) is 1.71. The van der Waals surface area contributed by atoms with Gasteiger partial charge in [0.2, 0.25) is 0 Å². The summed E-state index contributed by atoms with van der Waals surface area (Å²) in [6, 6.07) is 11.3. The van der Waals surface area contributed by atoms with Crippen LogP contribution in [-0.4, -0.2) is 43.3 Å². The maximum atomic E-state index is 10.8. The molecule has 1 aromatic heterocycles. The summed E-state index contributed by atoms with van der Waals surface area (Å²) in [5.74, 6) is 1.34. The van der Waals surface area contributed by atoms with E-state index in [0.29, 0.717) is 18.9 Å². The van der Waals surface area contributed by atoms with Crippen LogP contribution >= 0.6 is 0 Å². The van der Waals surface area contributed by atoms with Crippen LogP contribution in [0.5, 0.6) is 5.75 Å². The van der Waals surface area contributed by atoms with Crippen molar-refractivity contribution < 1.29 is 52.4 Å². The van der Waals surface area contributed by atoms with Gasteiger partial charge in [0.1, 0.15) is 28.3 Å². The number of hydrogen-bond acceptors (Lipinski definition) is 7. The van der Waals surface area contributed by atoms with Crippen LogP contribution in [0.3, 0.4) is 0 Å². The summed E-state index contributed by atoms with van der Waals surface area (Å²) in [7, 11) is -2.88. The number of nitrogens with zero attached hydrogens (tertiary/aromatic N) is 2. The van der Waals surface area contributed by atoms with Crippen molar-refractivity contribution in [2.24, 2.45) is 0 Å². The Labute approximate surface area is 163 Å². The molecule has 1 aromatic carbocycles. The van der Waals surface area contributed by atoms with E-state index in [9.17, 15) is 18.1 Å². The van der Waals surface area contributed by atoms with Gasteiger partial charge in [-0.25, -0.2) is 13.4 Å². The minimum absolute atomic E-state index is 0. The summed E-state index contributed by atoms with van der Waals surface area (Å²) >= 11 is 0. The fourth-order valence-corrected chi connectivity index (χ4v) is 2.38. The number of pyridine rings is 1. The van der Waals surface area contributed by atoms with Gasteiger partial charge in [0.05, 0.1) is 6.54 Å². The van der Waals surface area contributed by atoms with E-state index in [0.717, 1.165) is 5.82 Å². The second kappa shape index (κ2) is 9.36. The number of anilines is 1. The second-order valence-corrected chi connectivity index (χ2v) is 6.30. The van der Waals surface area contributed by atoms with Crippen molar-refractivity contribution in [1.29, 1.82) is 0 Å². The Hall–Kier alpha value is -1.16. The molecule has 7 nitrogen and oxygen atoms in total. The Morgan fingerprint density at radius 2 is 1.92 bits per heavy atom. The molecule has 0 aliphatic carbocycles. The van der Waals surface area contributed by atoms with E-state index in [2.05, 4.69) is 4.98 Å². The molecule has 1 atom stereocenters. The fourth-order valence-electron chi connectivity index (χ4n) is 1.89. The maximum absolute atomic E-state index is 10.8. The Kier molecular flexibility index (Phi) is 8.14. The molecule has 2 rings (SSSR count). The zero-order valence-electron chi connectivity index (χ0n) is 13.5. The molecule has 0 aliphatic heterocycles. The van der Waals surface area contributed by atoms with Crippen LogP contribution in [0.1, 0.15) is 11.0 Å². The Morgan fingerprint density at radius 3 is 2.46 bits per heavy atom. The molecule has 0 aliphatic rings. The van der Waals surface area contributed by atoms with Crippen molar-refractivity contribution in [3.05, 3.63) is 54.2 Å². The first-order chi connectivity index (χ1) is 10.9. The zero-order chi connectivity index (χ0) is 16.9. The van der Waals surface area contributed by atoms with E-state index < -0.39 is 15.6 Å². The van der Waals surface area contributed by atoms with Gasteiger partial charge in [0.25, 0.3) is 0 Å². The number of hydrogen-bond donors (Lipinski definition) is 1. The molecule has 2 aromatic rings. The van der Waals surface area contributed by atoms with E-state index in [-0.39, 0.29) is 35.1 Å². The average molecular weight is 360 g/mol. The largest absolute Gasteiger partial charge is 1.00 e. The molecule has 9 heteroatoms. The normalized spacial score (nSPS) is 12.1. The third-order valence-electron chi connectivity index (χ3n) is 3.17. The summed E-state index contributed by atoms with van der Waals surface area (Å²) in [5, 5.41) is 9.37. The van der Waals surface area contributed by atoms with Gasteiger partial charge >= 0.3 is 29.6 Å². The molecular weight excluding hydrogens is 343 g/mol. The molecule has 0 saturated carbocycles. The van der Waals surface area contributed by atoms with E-state index in [1.54, 1.807) is 6.20 Å². The van der Waals surface area contributed by atoms with Gasteiger partial charge in [0.15, 0.2) is 5.44 Å². The molecule has 0 saturated heterocycles. The summed E-state index contributed by atoms with van der Waals surface area (Å²) in [4.78, 5) is 6.15. The van der Waals surface area contributed by atoms with Crippen molar-refractivity contribution in [1.82, 2.24) is 4.98 Å². The van der Waals surface area contributed by atoms with Crippen LogP contribution < -0.4 is 39.2 Å². The quantitative estimate of drug-likeness (QED) is 0.456. The molecule has 0 bridgehead atoms. The van der Waals surface area contributed by atoms with Crippen molar-refractivity contribution in [2.75, 3.05) is 25.1 Å². The molecule has 0 radical (unpaired) electrons. The van der Waals surface area contributed by atoms with Gasteiger partial charge in [0, 0.05) is 13.2 Å². The van der Waals surface area contributed by atoms with Crippen molar-refractivity contribution in [2.45, 2.75) is 5.44 Å². The molecule has 1 N–H and O–H groups in total. The second-order valence-electron chi connectivity index (χ2n) is 4.87. The number of aliphatic hydroxyl groups is 1. The summed E-state index contributed by atoms with van der Waals surface area (Å²) in [5.41, 5.74) is -2.05. The van der Waals surface area contributed by atoms with Crippen LogP contribution in [0.25, 0.3) is 0 Å². The SMILES string of the molecule is CN(CCOc1ccc(C(O)S(=O)(=O)[O-])cc1)c1ccccn1.[Na+]. The predicted octanol–water partition coefficient (Wildman–Crippen LogP) is -1.86. The Bertz CT molecular complexity index is 725. The molecule has 24 heavy (non-hydrogen) atoms. The smallest absolute Gasteiger partial charge is 0.746 e. The molecular formula is C15H17N2NaO5S. The molecule has 1 heterocycles. The van der Waals surface area contributed by atoms with Crippen LogP contribution in [-0.2, 0) is 10.1 Å². The van der Waals surface area contributed by atoms with Gasteiger partial charge in [-0.05, 0) is 29.8 Å². The first-order valence-corrected chi connectivity index (χ1v) is 8.33. The van der Waals surface area contributed by atoms with Crippen LogP contribution in [0.4, 0.5) is 5.82 Å². The number of ether oxygens (including phenoxy) is 1. The monoisotopic (exact) mass is 360 g/mol. The van der Waals surface area contributed by atoms with Gasteiger partial charge in [-0.1, -0.05) is 18.2 Å². The standard InChI is InChI=1S/C15H18N2O5S.Na/c1-17(14-4-2-3-9-16-14)10-11-22-13-7-5-12(6-8-13)15(18)23(19,20)21;/h2-9,15,18H,10-11H2,1H3,(H,19,20,21);/q;+1/p-1. The fraction of sp³-hybridized carbons (Fsp3) is 0.267. The van der Waals surface area contributed by atoms with Crippen LogP contribution in [0, 0.1) is 0 Å². The number of aliphatic hydroxyl groups excluding tert-OH is 1. The number of aromatic nitrogens is 1. The average Bonchev–Trinajstić information content (AvgIpc) is 2.54. The van der Waals surface area contributed by atoms with E-state index >= 15 is 0 Å². The van der Waals surface area contributed by atoms with Gasteiger partial charge in [-0.3, -0.25) is 0 Å². The van der Waals surface area contributed by atoms with Crippen molar-refractivity contribution in [3.63, 3.8) is 0 Å². The zero-order valence-corrected chi connectivity index (χ0v) is 16.3. The Balaban J connectivity index is 0.00000288. The molecule has 0 spiro atoms. The molecule has 0 amide bonds. The van der Waals surface area contributed by atoms with Crippen molar-refractivity contribution in [3.8, 4) is 5.75 Å². The van der Waals surface area contributed by atoms with Crippen molar-refractivity contribution >= 4 is 15.9 Å². The maximum Gasteiger partial charge on any atom is 1.00 e. The van der Waals surface area contributed by atoms with Crippen LogP contribution in [0.2, 0.25) is 0 Å². The summed E-state index contributed by atoms with van der Waals surface area (Å²) < 4.78 is 37.8. The summed E-state index contributed by atoms with van der Waals surface area (Å²) in [6.45, 7) is 1.01. The minimum atomic E-state index is -4.78. The number of rotatable bonds is 7. The Morgan fingerprint density at radius 1 is 1.25 bits per heavy atom. The van der Waals surface area contributed by atoms with E-state index in [4.69, 9.17) is 4.74 Å².